The zero-order valence-corrected chi connectivity index (χ0v) is 8.48. The van der Waals surface area contributed by atoms with Crippen molar-refractivity contribution in [3.8, 4) is 11.6 Å². The van der Waals surface area contributed by atoms with Crippen LogP contribution in [0.25, 0.3) is 11.2 Å². The summed E-state index contributed by atoms with van der Waals surface area (Å²) in [6, 6.07) is 8.51. The molecule has 0 aliphatic rings. The second kappa shape index (κ2) is 4.38. The summed E-state index contributed by atoms with van der Waals surface area (Å²) in [6.07, 6.45) is 0.605. The number of hydrogen-bond donors (Lipinski definition) is 0. The highest BCUT2D eigenvalue weighted by Gasteiger charge is 2.28. The fourth-order valence-electron chi connectivity index (χ4n) is 1.31. The van der Waals surface area contributed by atoms with E-state index in [1.807, 2.05) is 0 Å². The largest absolute Gasteiger partial charge is 0.539 e. The second-order valence-corrected chi connectivity index (χ2v) is 3.07. The number of hydrogen-bond acceptors (Lipinski definition) is 4. The number of para-hydroxylation sites is 1. The first-order valence-corrected chi connectivity index (χ1v) is 4.60. The molecule has 0 spiro atoms. The molecule has 0 bridgehead atoms. The van der Waals surface area contributed by atoms with Gasteiger partial charge in [0.1, 0.15) is 0 Å². The number of benzene rings is 1. The average molecular weight is 230 g/mol. The van der Waals surface area contributed by atoms with Gasteiger partial charge in [0.2, 0.25) is 5.69 Å². The number of aromatic nitrogens is 2. The maximum absolute atomic E-state index is 11.5. The molecule has 0 unspecified atom stereocenters. The monoisotopic (exact) mass is 230 g/mol. The minimum absolute atomic E-state index is 0.325. The minimum Gasteiger partial charge on any atom is -0.539 e. The van der Waals surface area contributed by atoms with E-state index in [1.165, 1.54) is 0 Å². The molecular weight excluding hydrogens is 224 g/mol. The molecule has 17 heavy (non-hydrogen) atoms. The molecule has 0 fully saturated rings. The summed E-state index contributed by atoms with van der Waals surface area (Å²) in [5.74, 6) is -1.68. The lowest BCUT2D eigenvalue weighted by atomic mass is 10.2. The summed E-state index contributed by atoms with van der Waals surface area (Å²) in [7, 11) is 0. The van der Waals surface area contributed by atoms with Crippen LogP contribution in [0.4, 0.5) is 0 Å². The Hall–Kier alpha value is -2.79. The van der Waals surface area contributed by atoms with E-state index in [4.69, 9.17) is 5.53 Å². The molecule has 0 atom stereocenters. The van der Waals surface area contributed by atoms with E-state index in [2.05, 4.69) is 14.6 Å². The van der Waals surface area contributed by atoms with Crippen molar-refractivity contribution < 1.29 is 23.9 Å². The summed E-state index contributed by atoms with van der Waals surface area (Å²) in [6.45, 7) is 0. The van der Waals surface area contributed by atoms with Gasteiger partial charge in [0, 0.05) is 12.1 Å². The Morgan fingerprint density at radius 2 is 2.18 bits per heavy atom. The molecule has 0 N–H and O–H groups in total. The molecule has 0 aliphatic carbocycles. The molecule has 0 saturated heterocycles. The van der Waals surface area contributed by atoms with Gasteiger partial charge in [0.25, 0.3) is 0 Å². The molecule has 2 aromatic rings. The van der Waals surface area contributed by atoms with Crippen LogP contribution in [-0.4, -0.2) is 22.1 Å². The number of Topliss-reactive ketones (excluding diaryl/α,β-unsaturated/α-hetero) is 1. The quantitative estimate of drug-likeness (QED) is 0.233. The molecule has 0 radical (unpaired) electrons. The van der Waals surface area contributed by atoms with Crippen molar-refractivity contribution in [2.24, 2.45) is 0 Å². The lowest BCUT2D eigenvalue weighted by Gasteiger charge is -1.90. The average Bonchev–Trinajstić information content (AvgIpc) is 2.73. The Morgan fingerprint density at radius 3 is 2.82 bits per heavy atom. The molecule has 7 heteroatoms. The standard InChI is InChI=1S/C10H6N4O3/c11-12-6-8(15)9-10(16)17-13-14(9)7-4-2-1-3-5-7/h1-6H. The Balaban J connectivity index is 2.57. The van der Waals surface area contributed by atoms with Gasteiger partial charge >= 0.3 is 17.7 Å². The van der Waals surface area contributed by atoms with Crippen molar-refractivity contribution in [2.45, 2.75) is 0 Å². The lowest BCUT2D eigenvalue weighted by Crippen LogP contribution is -2.39. The third-order valence-electron chi connectivity index (χ3n) is 2.02. The van der Waals surface area contributed by atoms with Gasteiger partial charge in [-0.15, -0.1) is 0 Å². The van der Waals surface area contributed by atoms with Gasteiger partial charge in [-0.25, -0.2) is 0 Å². The van der Waals surface area contributed by atoms with Crippen LogP contribution in [0.5, 0.6) is 5.95 Å². The highest BCUT2D eigenvalue weighted by atomic mass is 16.6. The minimum atomic E-state index is -0.890. The van der Waals surface area contributed by atoms with Gasteiger partial charge in [-0.2, -0.15) is 4.79 Å². The van der Waals surface area contributed by atoms with E-state index in [1.54, 1.807) is 30.3 Å². The molecule has 84 valence electrons. The van der Waals surface area contributed by atoms with E-state index >= 15 is 0 Å². The Morgan fingerprint density at radius 1 is 1.47 bits per heavy atom. The van der Waals surface area contributed by atoms with Crippen LogP contribution in [0, 0.1) is 0 Å². The molecule has 0 amide bonds. The summed E-state index contributed by atoms with van der Waals surface area (Å²) in [4.78, 5) is 14.1. The molecule has 7 nitrogen and oxygen atoms in total. The van der Waals surface area contributed by atoms with Crippen molar-refractivity contribution in [1.29, 1.82) is 0 Å². The Bertz CT molecular complexity index is 599. The maximum atomic E-state index is 11.5. The highest BCUT2D eigenvalue weighted by Crippen LogP contribution is 2.09. The van der Waals surface area contributed by atoms with Gasteiger partial charge in [-0.1, -0.05) is 18.2 Å². The highest BCUT2D eigenvalue weighted by molar-refractivity contribution is 6.32. The predicted octanol–water partition coefficient (Wildman–Crippen LogP) is -0.492. The van der Waals surface area contributed by atoms with Gasteiger partial charge in [0.05, 0.1) is 5.27 Å². The van der Waals surface area contributed by atoms with Crippen LogP contribution >= 0.6 is 0 Å². The van der Waals surface area contributed by atoms with Crippen molar-refractivity contribution in [3.05, 3.63) is 41.6 Å². The number of carbonyl (C=O) groups excluding carboxylic acids is 1. The van der Waals surface area contributed by atoms with Crippen molar-refractivity contribution in [3.63, 3.8) is 0 Å². The van der Waals surface area contributed by atoms with Gasteiger partial charge in [-0.3, -0.25) is 4.79 Å². The molecule has 1 heterocycles. The van der Waals surface area contributed by atoms with Crippen LogP contribution in [0.15, 0.2) is 34.9 Å². The number of nitrogens with zero attached hydrogens (tertiary/aromatic N) is 4. The van der Waals surface area contributed by atoms with Crippen molar-refractivity contribution >= 4 is 12.0 Å². The van der Waals surface area contributed by atoms with Crippen molar-refractivity contribution in [2.75, 3.05) is 0 Å². The molecular formula is C10H6N4O3. The first kappa shape index (κ1) is 10.7. The molecule has 0 saturated carbocycles. The topological polar surface area (TPSA) is 106 Å². The molecule has 1 aromatic carbocycles. The lowest BCUT2D eigenvalue weighted by molar-refractivity contribution is -0.672. The van der Waals surface area contributed by atoms with Gasteiger partial charge in [0.15, 0.2) is 5.95 Å². The maximum Gasteiger partial charge on any atom is 0.335 e. The fraction of sp³-hybridized carbons (Fsp3) is 0. The number of carbonyl (C=O) groups is 1. The van der Waals surface area contributed by atoms with Crippen LogP contribution in [0.3, 0.4) is 0 Å². The normalized spacial score (nSPS) is 9.65. The van der Waals surface area contributed by atoms with Crippen molar-refractivity contribution in [1.82, 2.24) is 5.27 Å². The third-order valence-corrected chi connectivity index (χ3v) is 2.02. The van der Waals surface area contributed by atoms with E-state index in [9.17, 15) is 9.90 Å². The first-order chi connectivity index (χ1) is 8.24. The van der Waals surface area contributed by atoms with Gasteiger partial charge < -0.3 is 15.2 Å². The van der Waals surface area contributed by atoms with Crippen LogP contribution < -0.4 is 9.79 Å². The van der Waals surface area contributed by atoms with E-state index in [0.717, 1.165) is 4.68 Å². The molecule has 1 aromatic heterocycles. The SMILES string of the molecule is [N-]=[N+]=CC(=O)c1c([O-])on[n+]1-c1ccccc1. The first-order valence-electron chi connectivity index (χ1n) is 4.60. The van der Waals surface area contributed by atoms with Gasteiger partial charge in [-0.05, 0) is 4.68 Å². The zero-order valence-electron chi connectivity index (χ0n) is 8.48. The summed E-state index contributed by atoms with van der Waals surface area (Å²) in [5.41, 5.74) is 8.44. The van der Waals surface area contributed by atoms with E-state index in [0.29, 0.717) is 11.9 Å². The summed E-state index contributed by atoms with van der Waals surface area (Å²) >= 11 is 0. The number of ketones is 1. The molecule has 2 rings (SSSR count). The second-order valence-electron chi connectivity index (χ2n) is 3.07. The number of rotatable bonds is 3. The summed E-state index contributed by atoms with van der Waals surface area (Å²) < 4.78 is 5.46. The predicted molar refractivity (Wildman–Crippen MR) is 51.5 cm³/mol. The fourth-order valence-corrected chi connectivity index (χ4v) is 1.31. The third kappa shape index (κ3) is 1.95. The molecule has 0 aliphatic heterocycles. The summed E-state index contributed by atoms with van der Waals surface area (Å²) in [5, 5.41) is 14.8. The van der Waals surface area contributed by atoms with Crippen LogP contribution in [0.2, 0.25) is 0 Å². The van der Waals surface area contributed by atoms with E-state index in [-0.39, 0.29) is 5.69 Å². The van der Waals surface area contributed by atoms with Crippen LogP contribution in [-0.2, 0) is 0 Å². The zero-order chi connectivity index (χ0) is 12.3. The Labute approximate surface area is 95.1 Å². The smallest absolute Gasteiger partial charge is 0.335 e. The Kier molecular flexibility index (Phi) is 2.76. The van der Waals surface area contributed by atoms with Crippen LogP contribution in [0.1, 0.15) is 10.5 Å². The van der Waals surface area contributed by atoms with E-state index < -0.39 is 11.7 Å².